The van der Waals surface area contributed by atoms with Gasteiger partial charge in [0.15, 0.2) is 0 Å². The van der Waals surface area contributed by atoms with Crippen LogP contribution in [0.1, 0.15) is 45.4 Å². The molecule has 0 N–H and O–H groups in total. The average molecular weight is 253 g/mol. The van der Waals surface area contributed by atoms with Gasteiger partial charge < -0.3 is 4.74 Å². The predicted octanol–water partition coefficient (Wildman–Crippen LogP) is 2.49. The third kappa shape index (κ3) is 4.06. The van der Waals surface area contributed by atoms with Gasteiger partial charge in [-0.15, -0.1) is 0 Å². The molecular weight excluding hydrogens is 226 g/mol. The van der Waals surface area contributed by atoms with E-state index < -0.39 is 0 Å². The van der Waals surface area contributed by atoms with Crippen LogP contribution in [0.5, 0.6) is 0 Å². The van der Waals surface area contributed by atoms with Crippen LogP contribution in [0.3, 0.4) is 0 Å². The van der Waals surface area contributed by atoms with Gasteiger partial charge in [-0.2, -0.15) is 0 Å². The zero-order valence-corrected chi connectivity index (χ0v) is 11.7. The number of hydrogen-bond acceptors (Lipinski definition) is 3. The Morgan fingerprint density at radius 2 is 2.06 bits per heavy atom. The van der Waals surface area contributed by atoms with Crippen molar-refractivity contribution in [2.24, 2.45) is 11.8 Å². The van der Waals surface area contributed by atoms with Crippen molar-refractivity contribution in [1.29, 1.82) is 0 Å². The lowest BCUT2D eigenvalue weighted by atomic mass is 9.77. The minimum absolute atomic E-state index is 0.346. The highest BCUT2D eigenvalue weighted by atomic mass is 16.5. The second-order valence-corrected chi connectivity index (χ2v) is 5.84. The van der Waals surface area contributed by atoms with Crippen LogP contribution in [0.2, 0.25) is 0 Å². The minimum atomic E-state index is 0.346. The van der Waals surface area contributed by atoms with Crippen molar-refractivity contribution in [1.82, 2.24) is 4.90 Å². The van der Waals surface area contributed by atoms with E-state index in [0.717, 1.165) is 64.4 Å². The molecule has 0 aromatic carbocycles. The van der Waals surface area contributed by atoms with Crippen molar-refractivity contribution >= 4 is 5.78 Å². The third-order valence-electron chi connectivity index (χ3n) is 4.47. The molecule has 1 aliphatic carbocycles. The van der Waals surface area contributed by atoms with Crippen LogP contribution >= 0.6 is 0 Å². The molecule has 0 amide bonds. The molecule has 1 aliphatic heterocycles. The number of carbonyl (C=O) groups is 1. The number of ketones is 1. The minimum Gasteiger partial charge on any atom is -0.379 e. The number of hydrogen-bond donors (Lipinski definition) is 0. The second-order valence-electron chi connectivity index (χ2n) is 5.84. The number of Topliss-reactive ketones (excluding diaryl/α,β-unsaturated/α-hetero) is 1. The van der Waals surface area contributed by atoms with Crippen LogP contribution < -0.4 is 0 Å². The van der Waals surface area contributed by atoms with Crippen LogP contribution in [-0.4, -0.2) is 43.5 Å². The maximum Gasteiger partial charge on any atom is 0.136 e. The molecule has 1 saturated heterocycles. The Hall–Kier alpha value is -0.410. The number of rotatable bonds is 5. The summed E-state index contributed by atoms with van der Waals surface area (Å²) in [5.74, 6) is 1.68. The molecule has 1 heterocycles. The molecule has 3 nitrogen and oxygen atoms in total. The molecule has 0 bridgehead atoms. The van der Waals surface area contributed by atoms with E-state index in [1.807, 2.05) is 0 Å². The van der Waals surface area contributed by atoms with Crippen LogP contribution in [0, 0.1) is 11.8 Å². The highest BCUT2D eigenvalue weighted by Crippen LogP contribution is 2.31. The molecule has 2 rings (SSSR count). The molecule has 2 fully saturated rings. The van der Waals surface area contributed by atoms with Crippen LogP contribution in [0.25, 0.3) is 0 Å². The Kier molecular flexibility index (Phi) is 5.64. The summed E-state index contributed by atoms with van der Waals surface area (Å²) in [6.45, 7) is 7.13. The maximum absolute atomic E-state index is 12.0. The Labute approximate surface area is 111 Å². The van der Waals surface area contributed by atoms with E-state index >= 15 is 0 Å². The fourth-order valence-corrected chi connectivity index (χ4v) is 3.31. The Morgan fingerprint density at radius 1 is 1.28 bits per heavy atom. The van der Waals surface area contributed by atoms with Crippen molar-refractivity contribution < 1.29 is 9.53 Å². The first-order valence-corrected chi connectivity index (χ1v) is 7.62. The molecule has 2 unspecified atom stereocenters. The van der Waals surface area contributed by atoms with Gasteiger partial charge in [0.25, 0.3) is 0 Å². The van der Waals surface area contributed by atoms with Crippen molar-refractivity contribution in [2.75, 3.05) is 32.8 Å². The largest absolute Gasteiger partial charge is 0.379 e. The maximum atomic E-state index is 12.0. The van der Waals surface area contributed by atoms with Gasteiger partial charge in [0, 0.05) is 25.4 Å². The van der Waals surface area contributed by atoms with Gasteiger partial charge in [0.2, 0.25) is 0 Å². The molecular formula is C15H27NO2. The van der Waals surface area contributed by atoms with Crippen LogP contribution in [-0.2, 0) is 9.53 Å². The van der Waals surface area contributed by atoms with Crippen molar-refractivity contribution in [2.45, 2.75) is 45.4 Å². The lowest BCUT2D eigenvalue weighted by molar-refractivity contribution is -0.126. The number of ether oxygens (including phenoxy) is 1. The summed E-state index contributed by atoms with van der Waals surface area (Å²) in [6, 6.07) is 0. The van der Waals surface area contributed by atoms with Gasteiger partial charge in [-0.1, -0.05) is 19.8 Å². The Morgan fingerprint density at radius 3 is 2.78 bits per heavy atom. The summed E-state index contributed by atoms with van der Waals surface area (Å²) in [6.07, 6.45) is 6.76. The van der Waals surface area contributed by atoms with Crippen molar-refractivity contribution in [3.05, 3.63) is 0 Å². The lowest BCUT2D eigenvalue weighted by Gasteiger charge is -2.31. The predicted molar refractivity (Wildman–Crippen MR) is 72.6 cm³/mol. The first-order chi connectivity index (χ1) is 8.79. The third-order valence-corrected chi connectivity index (χ3v) is 4.47. The summed E-state index contributed by atoms with van der Waals surface area (Å²) in [5, 5.41) is 0. The quantitative estimate of drug-likeness (QED) is 0.754. The standard InChI is InChI=1S/C15H27NO2/c1-2-3-13-4-5-15(17)14(12-13)6-7-16-8-10-18-11-9-16/h13-14H,2-12H2,1H3. The molecule has 104 valence electrons. The SMILES string of the molecule is CCCC1CCC(=O)C(CCN2CCOCC2)C1. The van der Waals surface area contributed by atoms with E-state index in [1.165, 1.54) is 12.8 Å². The molecule has 1 saturated carbocycles. The molecule has 0 radical (unpaired) electrons. The second kappa shape index (κ2) is 7.25. The molecule has 0 spiro atoms. The molecule has 0 aromatic rings. The number of morpholine rings is 1. The smallest absolute Gasteiger partial charge is 0.136 e. The monoisotopic (exact) mass is 253 g/mol. The van der Waals surface area contributed by atoms with Gasteiger partial charge >= 0.3 is 0 Å². The highest BCUT2D eigenvalue weighted by Gasteiger charge is 2.28. The number of carbonyl (C=O) groups excluding carboxylic acids is 1. The lowest BCUT2D eigenvalue weighted by Crippen LogP contribution is -2.38. The van der Waals surface area contributed by atoms with Gasteiger partial charge in [0.05, 0.1) is 13.2 Å². The molecule has 18 heavy (non-hydrogen) atoms. The fraction of sp³-hybridized carbons (Fsp3) is 0.933. The van der Waals surface area contributed by atoms with Crippen LogP contribution in [0.4, 0.5) is 0 Å². The van der Waals surface area contributed by atoms with Gasteiger partial charge in [-0.25, -0.2) is 0 Å². The average Bonchev–Trinajstić information content (AvgIpc) is 2.41. The van der Waals surface area contributed by atoms with Crippen LogP contribution in [0.15, 0.2) is 0 Å². The van der Waals surface area contributed by atoms with E-state index in [4.69, 9.17) is 4.74 Å². The van der Waals surface area contributed by atoms with Gasteiger partial charge in [-0.3, -0.25) is 9.69 Å². The molecule has 3 heteroatoms. The fourth-order valence-electron chi connectivity index (χ4n) is 3.31. The topological polar surface area (TPSA) is 29.5 Å². The normalized spacial score (nSPS) is 30.6. The number of nitrogens with zero attached hydrogens (tertiary/aromatic N) is 1. The van der Waals surface area contributed by atoms with E-state index in [1.54, 1.807) is 0 Å². The molecule has 2 aliphatic rings. The van der Waals surface area contributed by atoms with E-state index in [2.05, 4.69) is 11.8 Å². The van der Waals surface area contributed by atoms with E-state index in [-0.39, 0.29) is 0 Å². The molecule has 2 atom stereocenters. The van der Waals surface area contributed by atoms with E-state index in [9.17, 15) is 4.79 Å². The van der Waals surface area contributed by atoms with Crippen molar-refractivity contribution in [3.8, 4) is 0 Å². The summed E-state index contributed by atoms with van der Waals surface area (Å²) in [7, 11) is 0. The summed E-state index contributed by atoms with van der Waals surface area (Å²) in [4.78, 5) is 14.4. The van der Waals surface area contributed by atoms with E-state index in [0.29, 0.717) is 11.7 Å². The summed E-state index contributed by atoms with van der Waals surface area (Å²) >= 11 is 0. The van der Waals surface area contributed by atoms with Crippen molar-refractivity contribution in [3.63, 3.8) is 0 Å². The first-order valence-electron chi connectivity index (χ1n) is 7.62. The zero-order chi connectivity index (χ0) is 12.8. The van der Waals surface area contributed by atoms with Gasteiger partial charge in [0.1, 0.15) is 5.78 Å². The summed E-state index contributed by atoms with van der Waals surface area (Å²) in [5.41, 5.74) is 0. The first kappa shape index (κ1) is 14.0. The Balaban J connectivity index is 1.73. The molecule has 0 aromatic heterocycles. The van der Waals surface area contributed by atoms with Gasteiger partial charge in [-0.05, 0) is 31.7 Å². The Bertz CT molecular complexity index is 261. The zero-order valence-electron chi connectivity index (χ0n) is 11.7. The highest BCUT2D eigenvalue weighted by molar-refractivity contribution is 5.81. The summed E-state index contributed by atoms with van der Waals surface area (Å²) < 4.78 is 5.35.